The van der Waals surface area contributed by atoms with Crippen molar-refractivity contribution in [3.63, 3.8) is 0 Å². The van der Waals surface area contributed by atoms with Crippen LogP contribution in [0.5, 0.6) is 0 Å². The summed E-state index contributed by atoms with van der Waals surface area (Å²) in [5, 5.41) is 7.25. The second-order valence-corrected chi connectivity index (χ2v) is 7.59. The van der Waals surface area contributed by atoms with Gasteiger partial charge in [-0.05, 0) is 25.7 Å². The van der Waals surface area contributed by atoms with E-state index in [4.69, 9.17) is 4.52 Å². The molecular formula is C18H31N5O2. The van der Waals surface area contributed by atoms with E-state index in [1.165, 1.54) is 19.3 Å². The van der Waals surface area contributed by atoms with E-state index in [9.17, 15) is 4.79 Å². The zero-order valence-corrected chi connectivity index (χ0v) is 15.7. The summed E-state index contributed by atoms with van der Waals surface area (Å²) in [6, 6.07) is 0.287. The van der Waals surface area contributed by atoms with Crippen LogP contribution in [0.1, 0.15) is 51.2 Å². The second kappa shape index (κ2) is 8.27. The summed E-state index contributed by atoms with van der Waals surface area (Å²) < 4.78 is 5.03. The van der Waals surface area contributed by atoms with E-state index in [1.54, 1.807) is 0 Å². The first kappa shape index (κ1) is 18.3. The van der Waals surface area contributed by atoms with Crippen LogP contribution in [0.3, 0.4) is 0 Å². The van der Waals surface area contributed by atoms with Gasteiger partial charge >= 0.3 is 0 Å². The van der Waals surface area contributed by atoms with Gasteiger partial charge in [0.05, 0.1) is 12.6 Å². The molecule has 0 unspecified atom stereocenters. The molecule has 7 nitrogen and oxygen atoms in total. The highest BCUT2D eigenvalue weighted by molar-refractivity contribution is 5.81. The number of hydrogen-bond donors (Lipinski definition) is 1. The number of hydrogen-bond acceptors (Lipinski definition) is 6. The van der Waals surface area contributed by atoms with Crippen molar-refractivity contribution in [1.29, 1.82) is 0 Å². The van der Waals surface area contributed by atoms with Gasteiger partial charge < -0.3 is 9.84 Å². The lowest BCUT2D eigenvalue weighted by atomic mass is 9.86. The Balaban J connectivity index is 1.44. The maximum Gasteiger partial charge on any atom is 0.237 e. The molecule has 1 aromatic heterocycles. The van der Waals surface area contributed by atoms with Crippen molar-refractivity contribution in [3.05, 3.63) is 11.7 Å². The standard InChI is InChI=1S/C18H31N5O2/c1-13-6-4-5-7-16(13)20-18(24)14(2)23-10-8-22(9-11-23)12-17-19-15(3)25-21-17/h13-14,16H,4-12H2,1-3H3,(H,20,24)/t13-,14+,16-/m0/s1. The maximum atomic E-state index is 12.6. The number of nitrogens with one attached hydrogen (secondary N) is 1. The first-order valence-corrected chi connectivity index (χ1v) is 9.59. The highest BCUT2D eigenvalue weighted by atomic mass is 16.5. The topological polar surface area (TPSA) is 74.5 Å². The zero-order chi connectivity index (χ0) is 17.8. The van der Waals surface area contributed by atoms with E-state index in [0.717, 1.165) is 38.4 Å². The van der Waals surface area contributed by atoms with E-state index < -0.39 is 0 Å². The molecule has 0 spiro atoms. The number of carbonyl (C=O) groups excluding carboxylic acids is 1. The Hall–Kier alpha value is -1.47. The average molecular weight is 349 g/mol. The lowest BCUT2D eigenvalue weighted by Gasteiger charge is -2.38. The van der Waals surface area contributed by atoms with E-state index in [2.05, 4.69) is 32.2 Å². The molecule has 0 bridgehead atoms. The quantitative estimate of drug-likeness (QED) is 0.870. The third-order valence-corrected chi connectivity index (χ3v) is 5.71. The molecule has 0 radical (unpaired) electrons. The average Bonchev–Trinajstić information content (AvgIpc) is 3.02. The van der Waals surface area contributed by atoms with Crippen molar-refractivity contribution in [2.75, 3.05) is 26.2 Å². The predicted molar refractivity (Wildman–Crippen MR) is 94.9 cm³/mol. The van der Waals surface area contributed by atoms with Crippen molar-refractivity contribution in [2.24, 2.45) is 5.92 Å². The molecule has 1 aliphatic heterocycles. The molecule has 2 fully saturated rings. The normalized spacial score (nSPS) is 27.2. The first-order chi connectivity index (χ1) is 12.0. The van der Waals surface area contributed by atoms with Gasteiger partial charge in [0.25, 0.3) is 0 Å². The van der Waals surface area contributed by atoms with Crippen LogP contribution in [0.2, 0.25) is 0 Å². The number of aromatic nitrogens is 2. The summed E-state index contributed by atoms with van der Waals surface area (Å²) >= 11 is 0. The Morgan fingerprint density at radius 1 is 1.28 bits per heavy atom. The molecule has 1 saturated carbocycles. The van der Waals surface area contributed by atoms with Crippen molar-refractivity contribution in [3.8, 4) is 0 Å². The maximum absolute atomic E-state index is 12.6. The SMILES string of the molecule is Cc1nc(CN2CCN([C@H](C)C(=O)N[C@H]3CCCC[C@@H]3C)CC2)no1. The van der Waals surface area contributed by atoms with Crippen LogP contribution >= 0.6 is 0 Å². The molecule has 2 heterocycles. The molecule has 3 atom stereocenters. The van der Waals surface area contributed by atoms with Gasteiger partial charge in [-0.25, -0.2) is 0 Å². The Morgan fingerprint density at radius 2 is 2.00 bits per heavy atom. The number of piperazine rings is 1. The molecule has 140 valence electrons. The summed E-state index contributed by atoms with van der Waals surface area (Å²) in [4.78, 5) is 21.5. The third-order valence-electron chi connectivity index (χ3n) is 5.71. The number of carbonyl (C=O) groups is 1. The fraction of sp³-hybridized carbons (Fsp3) is 0.833. The van der Waals surface area contributed by atoms with Gasteiger partial charge in [0.1, 0.15) is 0 Å². The minimum Gasteiger partial charge on any atom is -0.352 e. The molecule has 25 heavy (non-hydrogen) atoms. The van der Waals surface area contributed by atoms with Crippen LogP contribution in [-0.4, -0.2) is 64.1 Å². The molecule has 1 amide bonds. The van der Waals surface area contributed by atoms with Crippen molar-refractivity contribution >= 4 is 5.91 Å². The Kier molecular flexibility index (Phi) is 6.06. The summed E-state index contributed by atoms with van der Waals surface area (Å²) in [5.41, 5.74) is 0. The fourth-order valence-electron chi connectivity index (χ4n) is 3.91. The molecule has 1 aliphatic carbocycles. The number of rotatable bonds is 5. The van der Waals surface area contributed by atoms with Crippen LogP contribution in [0, 0.1) is 12.8 Å². The predicted octanol–water partition coefficient (Wildman–Crippen LogP) is 1.58. The molecular weight excluding hydrogens is 318 g/mol. The molecule has 1 N–H and O–H groups in total. The summed E-state index contributed by atoms with van der Waals surface area (Å²) in [6.45, 7) is 10.4. The Morgan fingerprint density at radius 3 is 2.64 bits per heavy atom. The van der Waals surface area contributed by atoms with E-state index >= 15 is 0 Å². The lowest BCUT2D eigenvalue weighted by molar-refractivity contribution is -0.127. The lowest BCUT2D eigenvalue weighted by Crippen LogP contribution is -2.55. The van der Waals surface area contributed by atoms with Crippen LogP contribution in [0.25, 0.3) is 0 Å². The van der Waals surface area contributed by atoms with Gasteiger partial charge in [-0.15, -0.1) is 0 Å². The van der Waals surface area contributed by atoms with Gasteiger partial charge in [0.2, 0.25) is 11.8 Å². The van der Waals surface area contributed by atoms with Crippen LogP contribution in [0.15, 0.2) is 4.52 Å². The largest absolute Gasteiger partial charge is 0.352 e. The highest BCUT2D eigenvalue weighted by Gasteiger charge is 2.29. The first-order valence-electron chi connectivity index (χ1n) is 9.59. The smallest absolute Gasteiger partial charge is 0.237 e. The van der Waals surface area contributed by atoms with Crippen LogP contribution in [0.4, 0.5) is 0 Å². The Labute approximate surface area is 150 Å². The van der Waals surface area contributed by atoms with Crippen LogP contribution in [-0.2, 0) is 11.3 Å². The van der Waals surface area contributed by atoms with Gasteiger partial charge in [-0.2, -0.15) is 4.98 Å². The number of nitrogens with zero attached hydrogens (tertiary/aromatic N) is 4. The summed E-state index contributed by atoms with van der Waals surface area (Å²) in [5.74, 6) is 2.13. The van der Waals surface area contributed by atoms with Crippen molar-refractivity contribution in [2.45, 2.75) is 65.1 Å². The van der Waals surface area contributed by atoms with E-state index in [1.807, 2.05) is 13.8 Å². The number of aryl methyl sites for hydroxylation is 1. The Bertz CT molecular complexity index is 568. The zero-order valence-electron chi connectivity index (χ0n) is 15.7. The summed E-state index contributed by atoms with van der Waals surface area (Å²) in [7, 11) is 0. The van der Waals surface area contributed by atoms with E-state index in [0.29, 0.717) is 24.4 Å². The van der Waals surface area contributed by atoms with Crippen molar-refractivity contribution < 1.29 is 9.32 Å². The minimum atomic E-state index is -0.0660. The third kappa shape index (κ3) is 4.79. The molecule has 0 aromatic carbocycles. The van der Waals surface area contributed by atoms with Gasteiger partial charge in [0, 0.05) is 39.1 Å². The summed E-state index contributed by atoms with van der Waals surface area (Å²) in [6.07, 6.45) is 4.88. The van der Waals surface area contributed by atoms with Crippen LogP contribution < -0.4 is 5.32 Å². The molecule has 7 heteroatoms. The number of amides is 1. The second-order valence-electron chi connectivity index (χ2n) is 7.59. The molecule has 1 aromatic rings. The van der Waals surface area contributed by atoms with Gasteiger partial charge in [0.15, 0.2) is 5.82 Å². The minimum absolute atomic E-state index is 0.0660. The molecule has 3 rings (SSSR count). The molecule has 1 saturated heterocycles. The van der Waals surface area contributed by atoms with Gasteiger partial charge in [-0.1, -0.05) is 24.9 Å². The molecule has 2 aliphatic rings. The van der Waals surface area contributed by atoms with E-state index in [-0.39, 0.29) is 11.9 Å². The van der Waals surface area contributed by atoms with Gasteiger partial charge in [-0.3, -0.25) is 14.6 Å². The monoisotopic (exact) mass is 349 g/mol. The fourth-order valence-corrected chi connectivity index (χ4v) is 3.91. The van der Waals surface area contributed by atoms with Crippen molar-refractivity contribution in [1.82, 2.24) is 25.3 Å². The highest BCUT2D eigenvalue weighted by Crippen LogP contribution is 2.24.